The summed E-state index contributed by atoms with van der Waals surface area (Å²) in [6, 6.07) is 13.1. The third-order valence-electron chi connectivity index (χ3n) is 5.58. The van der Waals surface area contributed by atoms with Crippen molar-refractivity contribution in [1.29, 1.82) is 0 Å². The fraction of sp³-hybridized carbons (Fsp3) is 0.304. The van der Waals surface area contributed by atoms with Gasteiger partial charge in [-0.3, -0.25) is 19.7 Å². The SMILES string of the molecule is O=C(Nc1cccc2c1C(=O)C(C(=O)C1CCCCC1)C2=O)Oc1ccccc1. The smallest absolute Gasteiger partial charge is 0.410 e. The summed E-state index contributed by atoms with van der Waals surface area (Å²) in [6.07, 6.45) is 3.63. The Kier molecular flexibility index (Phi) is 5.25. The standard InChI is InChI=1S/C23H21NO5/c25-20(14-8-3-1-4-9-14)19-21(26)16-12-7-13-17(18(16)22(19)27)24-23(28)29-15-10-5-2-6-11-15/h2,5-7,10-14,19H,1,3-4,8-9H2,(H,24,28). The van der Waals surface area contributed by atoms with Gasteiger partial charge in [0.1, 0.15) is 11.7 Å². The Morgan fingerprint density at radius 2 is 1.59 bits per heavy atom. The van der Waals surface area contributed by atoms with Crippen molar-refractivity contribution >= 4 is 29.1 Å². The molecule has 1 N–H and O–H groups in total. The van der Waals surface area contributed by atoms with Crippen LogP contribution >= 0.6 is 0 Å². The minimum absolute atomic E-state index is 0.0941. The van der Waals surface area contributed by atoms with Gasteiger partial charge in [-0.05, 0) is 31.0 Å². The molecule has 4 rings (SSSR count). The second-order valence-electron chi connectivity index (χ2n) is 7.45. The lowest BCUT2D eigenvalue weighted by atomic mass is 9.80. The van der Waals surface area contributed by atoms with Crippen LogP contribution in [0.15, 0.2) is 48.5 Å². The highest BCUT2D eigenvalue weighted by molar-refractivity contribution is 6.37. The number of hydrogen-bond acceptors (Lipinski definition) is 5. The van der Waals surface area contributed by atoms with Crippen LogP contribution in [0, 0.1) is 11.8 Å². The molecule has 1 fully saturated rings. The van der Waals surface area contributed by atoms with Crippen molar-refractivity contribution in [2.75, 3.05) is 5.32 Å². The Hall–Kier alpha value is -3.28. The first-order valence-electron chi connectivity index (χ1n) is 9.85. The number of ketones is 3. The van der Waals surface area contributed by atoms with E-state index in [2.05, 4.69) is 5.32 Å². The summed E-state index contributed by atoms with van der Waals surface area (Å²) in [4.78, 5) is 51.0. The third kappa shape index (κ3) is 3.70. The van der Waals surface area contributed by atoms with Gasteiger partial charge in [-0.2, -0.15) is 0 Å². The van der Waals surface area contributed by atoms with Crippen molar-refractivity contribution < 1.29 is 23.9 Å². The summed E-state index contributed by atoms with van der Waals surface area (Å²) in [5.74, 6) is -2.47. The number of fused-ring (bicyclic) bond motifs is 1. The van der Waals surface area contributed by atoms with Gasteiger partial charge < -0.3 is 4.74 Å². The number of ether oxygens (including phenoxy) is 1. The van der Waals surface area contributed by atoms with Gasteiger partial charge in [-0.1, -0.05) is 49.6 Å². The number of para-hydroxylation sites is 1. The van der Waals surface area contributed by atoms with Crippen LogP contribution in [-0.2, 0) is 4.79 Å². The molecule has 2 aliphatic carbocycles. The van der Waals surface area contributed by atoms with E-state index in [-0.39, 0.29) is 28.5 Å². The van der Waals surface area contributed by atoms with Gasteiger partial charge >= 0.3 is 6.09 Å². The second-order valence-corrected chi connectivity index (χ2v) is 7.45. The molecule has 148 valence electrons. The van der Waals surface area contributed by atoms with Crippen molar-refractivity contribution in [3.05, 3.63) is 59.7 Å². The van der Waals surface area contributed by atoms with Crippen LogP contribution in [-0.4, -0.2) is 23.4 Å². The zero-order valence-electron chi connectivity index (χ0n) is 15.9. The molecule has 0 aromatic heterocycles. The monoisotopic (exact) mass is 391 g/mol. The molecule has 6 nitrogen and oxygen atoms in total. The van der Waals surface area contributed by atoms with E-state index < -0.39 is 23.6 Å². The molecule has 0 spiro atoms. The first kappa shape index (κ1) is 19.1. The van der Waals surface area contributed by atoms with Gasteiger partial charge in [0.2, 0.25) is 0 Å². The highest BCUT2D eigenvalue weighted by atomic mass is 16.6. The molecule has 1 unspecified atom stereocenters. The van der Waals surface area contributed by atoms with Crippen molar-refractivity contribution in [1.82, 2.24) is 0 Å². The number of rotatable bonds is 4. The summed E-state index contributed by atoms with van der Waals surface area (Å²) in [5, 5.41) is 2.54. The minimum Gasteiger partial charge on any atom is -0.410 e. The predicted molar refractivity (Wildman–Crippen MR) is 106 cm³/mol. The van der Waals surface area contributed by atoms with Gasteiger partial charge in [0.05, 0.1) is 11.3 Å². The van der Waals surface area contributed by atoms with Crippen LogP contribution in [0.3, 0.4) is 0 Å². The quantitative estimate of drug-likeness (QED) is 0.778. The molecule has 0 bridgehead atoms. The lowest BCUT2D eigenvalue weighted by molar-refractivity contribution is -0.125. The van der Waals surface area contributed by atoms with Crippen LogP contribution in [0.2, 0.25) is 0 Å². The van der Waals surface area contributed by atoms with E-state index in [0.29, 0.717) is 5.75 Å². The lowest BCUT2D eigenvalue weighted by Gasteiger charge is -2.22. The molecule has 1 amide bonds. The van der Waals surface area contributed by atoms with Gasteiger partial charge in [0.25, 0.3) is 0 Å². The van der Waals surface area contributed by atoms with Crippen LogP contribution < -0.4 is 10.1 Å². The molecule has 1 atom stereocenters. The van der Waals surface area contributed by atoms with Crippen molar-refractivity contribution in [3.8, 4) is 5.75 Å². The Bertz CT molecular complexity index is 976. The van der Waals surface area contributed by atoms with E-state index >= 15 is 0 Å². The van der Waals surface area contributed by atoms with Crippen LogP contribution in [0.1, 0.15) is 52.8 Å². The topological polar surface area (TPSA) is 89.5 Å². The molecule has 2 aromatic carbocycles. The first-order chi connectivity index (χ1) is 14.1. The number of nitrogens with one attached hydrogen (secondary N) is 1. The Labute approximate surface area is 168 Å². The molecular formula is C23H21NO5. The fourth-order valence-electron chi connectivity index (χ4n) is 4.16. The number of benzene rings is 2. The van der Waals surface area contributed by atoms with E-state index in [1.807, 2.05) is 0 Å². The van der Waals surface area contributed by atoms with Crippen LogP contribution in [0.5, 0.6) is 5.75 Å². The molecule has 1 saturated carbocycles. The van der Waals surface area contributed by atoms with Crippen molar-refractivity contribution in [3.63, 3.8) is 0 Å². The van der Waals surface area contributed by atoms with E-state index in [1.165, 1.54) is 12.1 Å². The van der Waals surface area contributed by atoms with Crippen LogP contribution in [0.4, 0.5) is 10.5 Å². The van der Waals surface area contributed by atoms with E-state index in [9.17, 15) is 19.2 Å². The highest BCUT2D eigenvalue weighted by Gasteiger charge is 2.46. The van der Waals surface area contributed by atoms with E-state index in [4.69, 9.17) is 4.74 Å². The maximum Gasteiger partial charge on any atom is 0.417 e. The largest absolute Gasteiger partial charge is 0.417 e. The Balaban J connectivity index is 1.56. The number of Topliss-reactive ketones (excluding diaryl/α,β-unsaturated/α-hetero) is 3. The molecular weight excluding hydrogens is 370 g/mol. The minimum atomic E-state index is -1.29. The summed E-state index contributed by atoms with van der Waals surface area (Å²) in [7, 11) is 0. The lowest BCUT2D eigenvalue weighted by Crippen LogP contribution is -2.32. The second kappa shape index (κ2) is 7.99. The molecule has 2 aromatic rings. The maximum atomic E-state index is 13.0. The maximum absolute atomic E-state index is 13.0. The normalized spacial score (nSPS) is 19.0. The number of anilines is 1. The van der Waals surface area contributed by atoms with Gasteiger partial charge in [0, 0.05) is 11.5 Å². The van der Waals surface area contributed by atoms with E-state index in [0.717, 1.165) is 32.1 Å². The molecule has 0 heterocycles. The molecule has 6 heteroatoms. The zero-order valence-corrected chi connectivity index (χ0v) is 15.9. The summed E-state index contributed by atoms with van der Waals surface area (Å²) in [6.45, 7) is 0. The van der Waals surface area contributed by atoms with Gasteiger partial charge in [0.15, 0.2) is 17.3 Å². The summed E-state index contributed by atoms with van der Waals surface area (Å²) in [5.41, 5.74) is 0.457. The number of amides is 1. The van der Waals surface area contributed by atoms with Crippen molar-refractivity contribution in [2.45, 2.75) is 32.1 Å². The first-order valence-corrected chi connectivity index (χ1v) is 9.85. The van der Waals surface area contributed by atoms with Gasteiger partial charge in [-0.15, -0.1) is 0 Å². The summed E-state index contributed by atoms with van der Waals surface area (Å²) < 4.78 is 5.20. The summed E-state index contributed by atoms with van der Waals surface area (Å²) >= 11 is 0. The predicted octanol–water partition coefficient (Wildman–Crippen LogP) is 4.44. The number of hydrogen-bond donors (Lipinski definition) is 1. The average molecular weight is 391 g/mol. The van der Waals surface area contributed by atoms with Gasteiger partial charge in [-0.25, -0.2) is 4.79 Å². The van der Waals surface area contributed by atoms with Crippen molar-refractivity contribution in [2.24, 2.45) is 11.8 Å². The fourth-order valence-corrected chi connectivity index (χ4v) is 4.16. The number of carbonyl (C=O) groups is 4. The molecule has 2 aliphatic rings. The Morgan fingerprint density at radius 3 is 2.31 bits per heavy atom. The molecule has 0 saturated heterocycles. The zero-order chi connectivity index (χ0) is 20.4. The van der Waals surface area contributed by atoms with E-state index in [1.54, 1.807) is 36.4 Å². The Morgan fingerprint density at radius 1 is 0.862 bits per heavy atom. The molecule has 29 heavy (non-hydrogen) atoms. The number of carbonyl (C=O) groups excluding carboxylic acids is 4. The molecule has 0 radical (unpaired) electrons. The molecule has 0 aliphatic heterocycles. The third-order valence-corrected chi connectivity index (χ3v) is 5.58. The average Bonchev–Trinajstić information content (AvgIpc) is 3.00. The van der Waals surface area contributed by atoms with Crippen LogP contribution in [0.25, 0.3) is 0 Å². The highest BCUT2D eigenvalue weighted by Crippen LogP contribution is 2.36.